The highest BCUT2D eigenvalue weighted by molar-refractivity contribution is 5.86. The summed E-state index contributed by atoms with van der Waals surface area (Å²) in [5.74, 6) is -0.403. The van der Waals surface area contributed by atoms with Gasteiger partial charge in [-0.3, -0.25) is 9.59 Å². The van der Waals surface area contributed by atoms with E-state index in [9.17, 15) is 9.59 Å². The molecule has 1 heterocycles. The summed E-state index contributed by atoms with van der Waals surface area (Å²) in [6, 6.07) is 0. The monoisotopic (exact) mass is 298 g/mol. The van der Waals surface area contributed by atoms with E-state index in [1.165, 1.54) is 0 Å². The molecule has 0 saturated carbocycles. The largest absolute Gasteiger partial charge is 0.481 e. The summed E-state index contributed by atoms with van der Waals surface area (Å²) >= 11 is 0. The molecule has 122 valence electrons. The van der Waals surface area contributed by atoms with Crippen molar-refractivity contribution < 1.29 is 14.7 Å². The first-order valence-corrected chi connectivity index (χ1v) is 7.90. The van der Waals surface area contributed by atoms with Gasteiger partial charge in [-0.25, -0.2) is 0 Å². The Balaban J connectivity index is 2.42. The van der Waals surface area contributed by atoms with Crippen LogP contribution in [0.1, 0.15) is 59.8 Å². The molecule has 1 aliphatic heterocycles. The Hall–Kier alpha value is -1.10. The number of rotatable bonds is 7. The number of carbonyl (C=O) groups is 2. The highest BCUT2D eigenvalue weighted by atomic mass is 16.4. The molecule has 5 heteroatoms. The molecule has 0 aliphatic carbocycles. The molecule has 1 rings (SSSR count). The van der Waals surface area contributed by atoms with E-state index >= 15 is 0 Å². The van der Waals surface area contributed by atoms with E-state index in [4.69, 9.17) is 5.11 Å². The number of aliphatic carboxylic acids is 1. The molecule has 1 saturated heterocycles. The summed E-state index contributed by atoms with van der Waals surface area (Å²) in [5.41, 5.74) is -0.381. The second kappa shape index (κ2) is 7.25. The minimum atomic E-state index is -0.754. The van der Waals surface area contributed by atoms with Crippen LogP contribution in [0.15, 0.2) is 0 Å². The summed E-state index contributed by atoms with van der Waals surface area (Å²) in [7, 11) is 0. The van der Waals surface area contributed by atoms with Crippen molar-refractivity contribution in [1.29, 1.82) is 0 Å². The van der Waals surface area contributed by atoms with E-state index in [0.29, 0.717) is 18.9 Å². The molecule has 0 aromatic rings. The van der Waals surface area contributed by atoms with Gasteiger partial charge in [-0.2, -0.15) is 0 Å². The van der Waals surface area contributed by atoms with Crippen LogP contribution in [0.5, 0.6) is 0 Å². The zero-order chi connectivity index (χ0) is 16.1. The molecule has 0 aromatic carbocycles. The Morgan fingerprint density at radius 3 is 2.48 bits per heavy atom. The van der Waals surface area contributed by atoms with Crippen LogP contribution >= 0.6 is 0 Å². The zero-order valence-electron chi connectivity index (χ0n) is 13.8. The topological polar surface area (TPSA) is 78.4 Å². The predicted octanol–water partition coefficient (Wildman–Crippen LogP) is 2.16. The van der Waals surface area contributed by atoms with Gasteiger partial charge in [0.25, 0.3) is 0 Å². The average Bonchev–Trinajstić information content (AvgIpc) is 2.79. The molecular formula is C16H30N2O3. The average molecular weight is 298 g/mol. The third-order valence-electron chi connectivity index (χ3n) is 4.58. The number of carboxylic acids is 1. The van der Waals surface area contributed by atoms with Crippen LogP contribution in [0.25, 0.3) is 0 Å². The molecule has 2 atom stereocenters. The van der Waals surface area contributed by atoms with Crippen LogP contribution in [-0.4, -0.2) is 35.6 Å². The van der Waals surface area contributed by atoms with Gasteiger partial charge in [0.1, 0.15) is 0 Å². The van der Waals surface area contributed by atoms with E-state index in [1.807, 2.05) is 6.92 Å². The zero-order valence-corrected chi connectivity index (χ0v) is 13.8. The summed E-state index contributed by atoms with van der Waals surface area (Å²) in [6.45, 7) is 9.83. The van der Waals surface area contributed by atoms with Crippen molar-refractivity contribution in [2.75, 3.05) is 13.1 Å². The highest BCUT2D eigenvalue weighted by Crippen LogP contribution is 2.32. The molecule has 0 spiro atoms. The molecular weight excluding hydrogens is 268 g/mol. The number of carbonyl (C=O) groups excluding carboxylic acids is 1. The Morgan fingerprint density at radius 2 is 2.00 bits per heavy atom. The third kappa shape index (κ3) is 5.65. The quantitative estimate of drug-likeness (QED) is 0.673. The summed E-state index contributed by atoms with van der Waals surface area (Å²) in [6.07, 6.45) is 3.58. The van der Waals surface area contributed by atoms with E-state index in [2.05, 4.69) is 31.4 Å². The molecule has 2 unspecified atom stereocenters. The maximum absolute atomic E-state index is 12.2. The van der Waals surface area contributed by atoms with Crippen molar-refractivity contribution in [3.63, 3.8) is 0 Å². The molecule has 0 radical (unpaired) electrons. The van der Waals surface area contributed by atoms with Gasteiger partial charge in [0, 0.05) is 13.0 Å². The van der Waals surface area contributed by atoms with Gasteiger partial charge in [0.2, 0.25) is 5.91 Å². The van der Waals surface area contributed by atoms with Crippen LogP contribution in [0, 0.1) is 11.3 Å². The lowest BCUT2D eigenvalue weighted by atomic mass is 9.76. The Labute approximate surface area is 127 Å². The van der Waals surface area contributed by atoms with Gasteiger partial charge >= 0.3 is 5.97 Å². The first-order chi connectivity index (χ1) is 9.65. The lowest BCUT2D eigenvalue weighted by Crippen LogP contribution is -2.51. The van der Waals surface area contributed by atoms with Crippen molar-refractivity contribution in [1.82, 2.24) is 10.6 Å². The van der Waals surface area contributed by atoms with E-state index in [0.717, 1.165) is 25.8 Å². The summed E-state index contributed by atoms with van der Waals surface area (Å²) < 4.78 is 0. The maximum atomic E-state index is 12.2. The van der Waals surface area contributed by atoms with Crippen molar-refractivity contribution in [3.8, 4) is 0 Å². The van der Waals surface area contributed by atoms with Crippen molar-refractivity contribution >= 4 is 11.9 Å². The highest BCUT2D eigenvalue weighted by Gasteiger charge is 2.35. The molecule has 0 bridgehead atoms. The van der Waals surface area contributed by atoms with Gasteiger partial charge in [-0.15, -0.1) is 0 Å². The lowest BCUT2D eigenvalue weighted by molar-refractivity contribution is -0.137. The normalized spacial score (nSPS) is 23.8. The first kappa shape index (κ1) is 18.0. The van der Waals surface area contributed by atoms with Crippen molar-refractivity contribution in [2.24, 2.45) is 11.3 Å². The SMILES string of the molecule is CC1(C(=O)NCCC(CCC(=O)O)C(C)(C)C)CCCN1. The van der Waals surface area contributed by atoms with Gasteiger partial charge in [-0.05, 0) is 50.5 Å². The number of carboxylic acid groups (broad SMARTS) is 1. The fourth-order valence-corrected chi connectivity index (χ4v) is 2.95. The van der Waals surface area contributed by atoms with E-state index in [-0.39, 0.29) is 17.7 Å². The second-order valence-electron chi connectivity index (χ2n) is 7.40. The van der Waals surface area contributed by atoms with Gasteiger partial charge < -0.3 is 15.7 Å². The Kier molecular flexibility index (Phi) is 6.20. The third-order valence-corrected chi connectivity index (χ3v) is 4.58. The number of hydrogen-bond acceptors (Lipinski definition) is 3. The maximum Gasteiger partial charge on any atom is 0.303 e. The Bertz CT molecular complexity index is 368. The second-order valence-corrected chi connectivity index (χ2v) is 7.40. The molecule has 3 N–H and O–H groups in total. The van der Waals surface area contributed by atoms with Gasteiger partial charge in [0.05, 0.1) is 5.54 Å². The minimum absolute atomic E-state index is 0.0513. The molecule has 21 heavy (non-hydrogen) atoms. The fourth-order valence-electron chi connectivity index (χ4n) is 2.95. The Morgan fingerprint density at radius 1 is 1.33 bits per heavy atom. The van der Waals surface area contributed by atoms with Crippen molar-refractivity contribution in [2.45, 2.75) is 65.3 Å². The lowest BCUT2D eigenvalue weighted by Gasteiger charge is -2.31. The number of amides is 1. The summed E-state index contributed by atoms with van der Waals surface area (Å²) in [5, 5.41) is 15.1. The molecule has 1 fully saturated rings. The number of nitrogens with one attached hydrogen (secondary N) is 2. The predicted molar refractivity (Wildman–Crippen MR) is 83.1 cm³/mol. The van der Waals surface area contributed by atoms with Crippen LogP contribution in [-0.2, 0) is 9.59 Å². The van der Waals surface area contributed by atoms with Crippen LogP contribution in [0.2, 0.25) is 0 Å². The van der Waals surface area contributed by atoms with Crippen molar-refractivity contribution in [3.05, 3.63) is 0 Å². The smallest absolute Gasteiger partial charge is 0.303 e. The van der Waals surface area contributed by atoms with Crippen LogP contribution < -0.4 is 10.6 Å². The fraction of sp³-hybridized carbons (Fsp3) is 0.875. The van der Waals surface area contributed by atoms with Crippen LogP contribution in [0.3, 0.4) is 0 Å². The summed E-state index contributed by atoms with van der Waals surface area (Å²) in [4.78, 5) is 22.9. The molecule has 1 aliphatic rings. The van der Waals surface area contributed by atoms with Gasteiger partial charge in [-0.1, -0.05) is 20.8 Å². The van der Waals surface area contributed by atoms with Crippen LogP contribution in [0.4, 0.5) is 0 Å². The first-order valence-electron chi connectivity index (χ1n) is 7.90. The standard InChI is InChI=1S/C16H30N2O3/c1-15(2,3)12(6-7-13(19)20)8-11-17-14(21)16(4)9-5-10-18-16/h12,18H,5-11H2,1-4H3,(H,17,21)(H,19,20). The molecule has 0 aromatic heterocycles. The molecule has 1 amide bonds. The van der Waals surface area contributed by atoms with Gasteiger partial charge in [0.15, 0.2) is 0 Å². The minimum Gasteiger partial charge on any atom is -0.481 e. The number of hydrogen-bond donors (Lipinski definition) is 3. The van der Waals surface area contributed by atoms with E-state index in [1.54, 1.807) is 0 Å². The van der Waals surface area contributed by atoms with E-state index < -0.39 is 11.5 Å². The molecule has 5 nitrogen and oxygen atoms in total.